The Labute approximate surface area is 167 Å². The number of aromatic nitrogens is 1. The van der Waals surface area contributed by atoms with Crippen molar-refractivity contribution >= 4 is 34.7 Å². The number of ether oxygens (including phenoxy) is 1. The molecule has 0 unspecified atom stereocenters. The standard InChI is InChI=1S/C19H15F3N2O2S2/c20-19(21,22)11-28-17-7-2-1-6-16(17)24-18(25)13-4-3-5-15(8-13)26-9-14-10-27-12-23-14/h1-8,10,12H,9,11H2,(H,24,25). The largest absolute Gasteiger partial charge is 0.487 e. The molecule has 1 aromatic heterocycles. The van der Waals surface area contributed by atoms with Crippen molar-refractivity contribution in [1.82, 2.24) is 4.98 Å². The monoisotopic (exact) mass is 424 g/mol. The number of nitrogens with zero attached hydrogens (tertiary/aromatic N) is 1. The van der Waals surface area contributed by atoms with Gasteiger partial charge < -0.3 is 10.1 Å². The molecule has 0 spiro atoms. The van der Waals surface area contributed by atoms with E-state index in [2.05, 4.69) is 10.3 Å². The Morgan fingerprint density at radius 2 is 2.00 bits per heavy atom. The molecule has 2 aromatic carbocycles. The predicted molar refractivity (Wildman–Crippen MR) is 104 cm³/mol. The minimum absolute atomic E-state index is 0.283. The number of nitrogens with one attached hydrogen (secondary N) is 1. The Balaban J connectivity index is 1.67. The first kappa shape index (κ1) is 20.2. The number of anilines is 1. The molecule has 0 atom stereocenters. The van der Waals surface area contributed by atoms with Crippen LogP contribution < -0.4 is 10.1 Å². The summed E-state index contributed by atoms with van der Waals surface area (Å²) in [5.41, 5.74) is 3.16. The number of halogens is 3. The van der Waals surface area contributed by atoms with E-state index < -0.39 is 17.8 Å². The number of carbonyl (C=O) groups excluding carboxylic acids is 1. The molecule has 0 saturated carbocycles. The van der Waals surface area contributed by atoms with Crippen LogP contribution in [0.2, 0.25) is 0 Å². The number of benzene rings is 2. The van der Waals surface area contributed by atoms with Gasteiger partial charge in [-0.1, -0.05) is 18.2 Å². The molecule has 4 nitrogen and oxygen atoms in total. The van der Waals surface area contributed by atoms with Gasteiger partial charge in [-0.25, -0.2) is 4.98 Å². The van der Waals surface area contributed by atoms with E-state index in [0.29, 0.717) is 33.7 Å². The van der Waals surface area contributed by atoms with Crippen LogP contribution in [0.15, 0.2) is 64.3 Å². The first-order chi connectivity index (χ1) is 13.4. The van der Waals surface area contributed by atoms with Gasteiger partial charge in [-0.05, 0) is 30.3 Å². The molecule has 1 amide bonds. The van der Waals surface area contributed by atoms with Crippen LogP contribution in [-0.4, -0.2) is 22.8 Å². The third-order valence-electron chi connectivity index (χ3n) is 3.49. The van der Waals surface area contributed by atoms with Gasteiger partial charge in [-0.3, -0.25) is 4.79 Å². The summed E-state index contributed by atoms with van der Waals surface area (Å²) in [4.78, 5) is 17.0. The summed E-state index contributed by atoms with van der Waals surface area (Å²) in [7, 11) is 0. The quantitative estimate of drug-likeness (QED) is 0.500. The number of amides is 1. The molecule has 0 bridgehead atoms. The molecule has 0 aliphatic rings. The summed E-state index contributed by atoms with van der Waals surface area (Å²) < 4.78 is 43.1. The Bertz CT molecular complexity index is 931. The van der Waals surface area contributed by atoms with Crippen LogP contribution in [0.1, 0.15) is 16.1 Å². The predicted octanol–water partition coefficient (Wildman–Crippen LogP) is 5.63. The van der Waals surface area contributed by atoms with Gasteiger partial charge in [0.2, 0.25) is 0 Å². The third kappa shape index (κ3) is 6.00. The second-order valence-electron chi connectivity index (χ2n) is 5.65. The molecule has 3 aromatic rings. The van der Waals surface area contributed by atoms with Crippen LogP contribution in [0.25, 0.3) is 0 Å². The van der Waals surface area contributed by atoms with Crippen molar-refractivity contribution in [2.24, 2.45) is 0 Å². The molecule has 0 fully saturated rings. The van der Waals surface area contributed by atoms with Gasteiger partial charge in [0.15, 0.2) is 0 Å². The number of para-hydroxylation sites is 1. The second-order valence-corrected chi connectivity index (χ2v) is 7.39. The molecule has 1 N–H and O–H groups in total. The van der Waals surface area contributed by atoms with E-state index in [1.54, 1.807) is 54.0 Å². The molecule has 146 valence electrons. The van der Waals surface area contributed by atoms with E-state index in [0.717, 1.165) is 5.69 Å². The number of hydrogen-bond donors (Lipinski definition) is 1. The van der Waals surface area contributed by atoms with Crippen molar-refractivity contribution in [3.63, 3.8) is 0 Å². The highest BCUT2D eigenvalue weighted by Gasteiger charge is 2.27. The highest BCUT2D eigenvalue weighted by Crippen LogP contribution is 2.32. The van der Waals surface area contributed by atoms with Crippen molar-refractivity contribution in [3.8, 4) is 5.75 Å². The molecule has 0 aliphatic heterocycles. The Morgan fingerprint density at radius 1 is 1.18 bits per heavy atom. The minimum Gasteiger partial charge on any atom is -0.487 e. The molecule has 0 saturated heterocycles. The minimum atomic E-state index is -4.29. The zero-order valence-electron chi connectivity index (χ0n) is 14.4. The van der Waals surface area contributed by atoms with Crippen LogP contribution in [0.3, 0.4) is 0 Å². The Morgan fingerprint density at radius 3 is 2.75 bits per heavy atom. The van der Waals surface area contributed by atoms with Crippen molar-refractivity contribution in [2.45, 2.75) is 17.7 Å². The maximum Gasteiger partial charge on any atom is 0.398 e. The van der Waals surface area contributed by atoms with Crippen molar-refractivity contribution in [2.75, 3.05) is 11.1 Å². The summed E-state index contributed by atoms with van der Waals surface area (Å²) >= 11 is 2.09. The number of thiazole rings is 1. The van der Waals surface area contributed by atoms with Crippen molar-refractivity contribution in [3.05, 3.63) is 70.7 Å². The van der Waals surface area contributed by atoms with E-state index in [1.165, 1.54) is 11.3 Å². The lowest BCUT2D eigenvalue weighted by Gasteiger charge is -2.12. The van der Waals surface area contributed by atoms with Gasteiger partial charge >= 0.3 is 6.18 Å². The zero-order chi connectivity index (χ0) is 20.0. The van der Waals surface area contributed by atoms with Crippen molar-refractivity contribution in [1.29, 1.82) is 0 Å². The highest BCUT2D eigenvalue weighted by atomic mass is 32.2. The number of hydrogen-bond acceptors (Lipinski definition) is 5. The smallest absolute Gasteiger partial charge is 0.398 e. The van der Waals surface area contributed by atoms with E-state index in [1.807, 2.05) is 5.38 Å². The number of thioether (sulfide) groups is 1. The highest BCUT2D eigenvalue weighted by molar-refractivity contribution is 7.99. The van der Waals surface area contributed by atoms with Crippen LogP contribution >= 0.6 is 23.1 Å². The van der Waals surface area contributed by atoms with Gasteiger partial charge in [0.25, 0.3) is 5.91 Å². The fourth-order valence-corrected chi connectivity index (χ4v) is 3.55. The first-order valence-electron chi connectivity index (χ1n) is 8.10. The number of rotatable bonds is 7. The maximum atomic E-state index is 12.5. The maximum absolute atomic E-state index is 12.5. The Hall–Kier alpha value is -2.52. The topological polar surface area (TPSA) is 51.2 Å². The fourth-order valence-electron chi connectivity index (χ4n) is 2.24. The van der Waals surface area contributed by atoms with Gasteiger partial charge in [-0.15, -0.1) is 23.1 Å². The number of alkyl halides is 3. The molecule has 3 rings (SSSR count). The number of carbonyl (C=O) groups is 1. The SMILES string of the molecule is O=C(Nc1ccccc1SCC(F)(F)F)c1cccc(OCc2cscn2)c1. The van der Waals surface area contributed by atoms with E-state index in [-0.39, 0.29) is 6.61 Å². The summed E-state index contributed by atoms with van der Waals surface area (Å²) in [6.07, 6.45) is -4.29. The van der Waals surface area contributed by atoms with Gasteiger partial charge in [0, 0.05) is 15.8 Å². The van der Waals surface area contributed by atoms with Gasteiger partial charge in [0.1, 0.15) is 12.4 Å². The summed E-state index contributed by atoms with van der Waals surface area (Å²) in [5, 5.41) is 4.53. The molecule has 0 radical (unpaired) electrons. The van der Waals surface area contributed by atoms with E-state index in [4.69, 9.17) is 4.74 Å². The summed E-state index contributed by atoms with van der Waals surface area (Å²) in [6.45, 7) is 0.283. The van der Waals surface area contributed by atoms with Crippen LogP contribution in [0.4, 0.5) is 18.9 Å². The van der Waals surface area contributed by atoms with Crippen molar-refractivity contribution < 1.29 is 22.7 Å². The lowest BCUT2D eigenvalue weighted by atomic mass is 10.2. The summed E-state index contributed by atoms with van der Waals surface area (Å²) in [5.74, 6) is -0.959. The average Bonchev–Trinajstić information content (AvgIpc) is 3.19. The molecular weight excluding hydrogens is 409 g/mol. The normalized spacial score (nSPS) is 11.2. The fraction of sp³-hybridized carbons (Fsp3) is 0.158. The zero-order valence-corrected chi connectivity index (χ0v) is 16.0. The third-order valence-corrected chi connectivity index (χ3v) is 5.27. The molecule has 0 aliphatic carbocycles. The van der Waals surface area contributed by atoms with Gasteiger partial charge in [0.05, 0.1) is 22.6 Å². The van der Waals surface area contributed by atoms with E-state index >= 15 is 0 Å². The van der Waals surface area contributed by atoms with Crippen LogP contribution in [-0.2, 0) is 6.61 Å². The van der Waals surface area contributed by atoms with E-state index in [9.17, 15) is 18.0 Å². The van der Waals surface area contributed by atoms with Crippen LogP contribution in [0.5, 0.6) is 5.75 Å². The molecule has 9 heteroatoms. The van der Waals surface area contributed by atoms with Gasteiger partial charge in [-0.2, -0.15) is 13.2 Å². The second kappa shape index (κ2) is 9.11. The molecular formula is C19H15F3N2O2S2. The Kier molecular flexibility index (Phi) is 6.58. The van der Waals surface area contributed by atoms with Crippen LogP contribution in [0, 0.1) is 0 Å². The lowest BCUT2D eigenvalue weighted by Crippen LogP contribution is -2.14. The first-order valence-corrected chi connectivity index (χ1v) is 10.0. The molecule has 1 heterocycles. The lowest BCUT2D eigenvalue weighted by molar-refractivity contribution is -0.105. The molecule has 28 heavy (non-hydrogen) atoms. The summed E-state index contributed by atoms with van der Waals surface area (Å²) in [6, 6.07) is 13.0. The average molecular weight is 424 g/mol.